The number of hydrogen-bond acceptors (Lipinski definition) is 9. The molecule has 3 N–H and O–H groups in total. The van der Waals surface area contributed by atoms with Gasteiger partial charge >= 0.3 is 18.0 Å². The number of thiazole rings is 1. The first-order valence-corrected chi connectivity index (χ1v) is 21.7. The fourth-order valence-electron chi connectivity index (χ4n) is 7.79. The topological polar surface area (TPSA) is 164 Å². The van der Waals surface area contributed by atoms with E-state index in [1.165, 1.54) is 11.3 Å². The molecule has 0 radical (unpaired) electrons. The van der Waals surface area contributed by atoms with Gasteiger partial charge in [0.1, 0.15) is 23.4 Å². The van der Waals surface area contributed by atoms with E-state index in [2.05, 4.69) is 27.8 Å². The lowest BCUT2D eigenvalue weighted by Crippen LogP contribution is -2.54. The molecular formula is C47H58N4O8S. The van der Waals surface area contributed by atoms with Crippen LogP contribution in [0.5, 0.6) is 0 Å². The molecular weight excluding hydrogens is 781 g/mol. The number of carbonyl (C=O) groups is 5. The third-order valence-electron chi connectivity index (χ3n) is 11.5. The van der Waals surface area contributed by atoms with Crippen LogP contribution in [0, 0.1) is 17.8 Å². The summed E-state index contributed by atoms with van der Waals surface area (Å²) < 4.78 is 11.8. The molecule has 5 rings (SSSR count). The number of benzene rings is 3. The van der Waals surface area contributed by atoms with Crippen LogP contribution in [0.1, 0.15) is 111 Å². The Balaban J connectivity index is 1.30. The van der Waals surface area contributed by atoms with Crippen molar-refractivity contribution in [2.75, 3.05) is 13.7 Å². The van der Waals surface area contributed by atoms with E-state index in [0.717, 1.165) is 27.8 Å². The number of likely N-dealkylation sites (N-methyl/N-ethyl adjacent to an activating group) is 1. The Morgan fingerprint density at radius 2 is 1.47 bits per heavy atom. The van der Waals surface area contributed by atoms with Gasteiger partial charge in [-0.1, -0.05) is 127 Å². The monoisotopic (exact) mass is 838 g/mol. The predicted molar refractivity (Wildman–Crippen MR) is 232 cm³/mol. The van der Waals surface area contributed by atoms with Gasteiger partial charge in [-0.25, -0.2) is 9.78 Å². The van der Waals surface area contributed by atoms with Crippen molar-refractivity contribution in [2.45, 2.75) is 104 Å². The minimum absolute atomic E-state index is 0.105. The van der Waals surface area contributed by atoms with Crippen molar-refractivity contribution in [2.24, 2.45) is 17.8 Å². The number of aliphatic carboxylic acids is 1. The Labute approximate surface area is 357 Å². The van der Waals surface area contributed by atoms with Crippen LogP contribution < -0.4 is 10.6 Å². The van der Waals surface area contributed by atoms with E-state index in [1.54, 1.807) is 31.2 Å². The molecule has 12 nitrogen and oxygen atoms in total. The van der Waals surface area contributed by atoms with E-state index in [1.807, 2.05) is 94.4 Å². The molecule has 0 fully saturated rings. The van der Waals surface area contributed by atoms with Crippen LogP contribution in [-0.4, -0.2) is 76.6 Å². The van der Waals surface area contributed by atoms with Gasteiger partial charge in [0.15, 0.2) is 6.10 Å². The first kappa shape index (κ1) is 45.5. The molecule has 3 amide bonds. The highest BCUT2D eigenvalue weighted by Gasteiger charge is 2.37. The second-order valence-corrected chi connectivity index (χ2v) is 17.0. The molecule has 320 valence electrons. The van der Waals surface area contributed by atoms with Gasteiger partial charge in [0, 0.05) is 43.3 Å². The van der Waals surface area contributed by atoms with Gasteiger partial charge in [0.05, 0.1) is 5.92 Å². The number of fused-ring (bicyclic) bond motifs is 3. The third kappa shape index (κ3) is 11.4. The number of alkyl carbamates (subject to hydrolysis) is 1. The number of hydrogen-bond donors (Lipinski definition) is 3. The van der Waals surface area contributed by atoms with Crippen molar-refractivity contribution in [3.05, 3.63) is 112 Å². The highest BCUT2D eigenvalue weighted by molar-refractivity contribution is 7.09. The quantitative estimate of drug-likeness (QED) is 0.0742. The summed E-state index contributed by atoms with van der Waals surface area (Å²) in [5, 5.41) is 17.4. The Hall–Kier alpha value is -5.56. The molecule has 3 aromatic carbocycles. The van der Waals surface area contributed by atoms with Gasteiger partial charge in [0.2, 0.25) is 5.91 Å². The number of ether oxygens (including phenoxy) is 2. The molecule has 1 heterocycles. The summed E-state index contributed by atoms with van der Waals surface area (Å²) in [6.07, 6.45) is -0.00376. The highest BCUT2D eigenvalue weighted by Crippen LogP contribution is 2.44. The second kappa shape index (κ2) is 21.1. The third-order valence-corrected chi connectivity index (χ3v) is 12.4. The highest BCUT2D eigenvalue weighted by atomic mass is 32.1. The van der Waals surface area contributed by atoms with Crippen molar-refractivity contribution in [3.8, 4) is 11.1 Å². The molecule has 2 unspecified atom stereocenters. The second-order valence-electron chi connectivity index (χ2n) is 16.1. The SMILES string of the molecule is CCC(=O)O[C@H](C[C@H](C(C)C)N(C)C(=O)[C@@H](NC(=O)OCC1c2ccccc2-c2ccccc21)[C@@H](C)CC)c1nc(C(=O)NC(Cc2ccccc2)CC(C)C(=O)O)cs1. The van der Waals surface area contributed by atoms with Gasteiger partial charge in [-0.3, -0.25) is 19.2 Å². The molecule has 0 saturated carbocycles. The Morgan fingerprint density at radius 3 is 2.05 bits per heavy atom. The molecule has 0 spiro atoms. The van der Waals surface area contributed by atoms with E-state index < -0.39 is 54.1 Å². The molecule has 0 saturated heterocycles. The summed E-state index contributed by atoms with van der Waals surface area (Å²) in [5.41, 5.74) is 5.48. The van der Waals surface area contributed by atoms with Crippen molar-refractivity contribution in [1.82, 2.24) is 20.5 Å². The van der Waals surface area contributed by atoms with Crippen LogP contribution in [0.25, 0.3) is 11.1 Å². The fourth-order valence-corrected chi connectivity index (χ4v) is 8.63. The van der Waals surface area contributed by atoms with Gasteiger partial charge in [-0.15, -0.1) is 11.3 Å². The van der Waals surface area contributed by atoms with E-state index >= 15 is 0 Å². The van der Waals surface area contributed by atoms with Gasteiger partial charge in [-0.05, 0) is 52.5 Å². The number of carbonyl (C=O) groups excluding carboxylic acids is 4. The van der Waals surface area contributed by atoms with Crippen LogP contribution in [0.3, 0.4) is 0 Å². The Morgan fingerprint density at radius 1 is 0.850 bits per heavy atom. The number of nitrogens with zero attached hydrogens (tertiary/aromatic N) is 2. The maximum atomic E-state index is 14.4. The lowest BCUT2D eigenvalue weighted by molar-refractivity contribution is -0.151. The smallest absolute Gasteiger partial charge is 0.407 e. The molecule has 6 atom stereocenters. The molecule has 1 aliphatic carbocycles. The molecule has 1 aromatic heterocycles. The number of rotatable bonds is 20. The Kier molecular flexibility index (Phi) is 16.0. The van der Waals surface area contributed by atoms with Crippen molar-refractivity contribution < 1.29 is 38.6 Å². The number of esters is 1. The number of carboxylic acid groups (broad SMARTS) is 1. The summed E-state index contributed by atoms with van der Waals surface area (Å²) in [7, 11) is 1.69. The molecule has 1 aliphatic rings. The summed E-state index contributed by atoms with van der Waals surface area (Å²) in [4.78, 5) is 72.2. The summed E-state index contributed by atoms with van der Waals surface area (Å²) in [6, 6.07) is 23.9. The lowest BCUT2D eigenvalue weighted by atomic mass is 9.93. The predicted octanol–water partition coefficient (Wildman–Crippen LogP) is 8.42. The first-order valence-electron chi connectivity index (χ1n) is 20.8. The summed E-state index contributed by atoms with van der Waals surface area (Å²) in [5.74, 6) is -3.35. The van der Waals surface area contributed by atoms with Crippen molar-refractivity contribution in [1.29, 1.82) is 0 Å². The Bertz CT molecular complexity index is 2060. The molecule has 0 bridgehead atoms. The van der Waals surface area contributed by atoms with Gasteiger partial charge < -0.3 is 30.1 Å². The average molecular weight is 839 g/mol. The van der Waals surface area contributed by atoms with Crippen molar-refractivity contribution >= 4 is 41.2 Å². The number of amides is 3. The maximum absolute atomic E-state index is 14.4. The number of nitrogens with one attached hydrogen (secondary N) is 2. The zero-order valence-electron chi connectivity index (χ0n) is 35.6. The van der Waals surface area contributed by atoms with E-state index in [4.69, 9.17) is 9.47 Å². The molecule has 0 aliphatic heterocycles. The zero-order chi connectivity index (χ0) is 43.5. The molecule has 4 aromatic rings. The maximum Gasteiger partial charge on any atom is 0.407 e. The van der Waals surface area contributed by atoms with Crippen LogP contribution in [0.2, 0.25) is 0 Å². The normalized spacial score (nSPS) is 15.1. The fraction of sp³-hybridized carbons (Fsp3) is 0.447. The number of carboxylic acids is 1. The van der Waals surface area contributed by atoms with Crippen LogP contribution in [0.4, 0.5) is 4.79 Å². The summed E-state index contributed by atoms with van der Waals surface area (Å²) in [6.45, 7) is 11.2. The molecule has 13 heteroatoms. The average Bonchev–Trinajstić information content (AvgIpc) is 3.86. The minimum Gasteiger partial charge on any atom is -0.481 e. The molecule has 60 heavy (non-hydrogen) atoms. The first-order chi connectivity index (χ1) is 28.7. The lowest BCUT2D eigenvalue weighted by Gasteiger charge is -2.36. The zero-order valence-corrected chi connectivity index (χ0v) is 36.4. The van der Waals surface area contributed by atoms with Crippen LogP contribution in [-0.2, 0) is 30.3 Å². The standard InChI is InChI=1S/C47H58N4O8S/c1-8-29(5)42(50-47(57)58-26-37-35-21-15-13-19-33(35)34-20-14-16-22-36(34)37)45(54)51(7)39(28(3)4)25-40(59-41(52)9-2)44-49-38(27-60-44)43(53)48-32(23-30(6)46(55)56)24-31-17-11-10-12-18-31/h10-22,27-30,32,37,39-40,42H,8-9,23-26H2,1-7H3,(H,48,53)(H,50,57)(H,55,56)/t29-,30?,32?,39+,40+,42-/m0/s1. The van der Waals surface area contributed by atoms with E-state index in [0.29, 0.717) is 17.8 Å². The largest absolute Gasteiger partial charge is 0.481 e. The van der Waals surface area contributed by atoms with Crippen LogP contribution >= 0.6 is 11.3 Å². The van der Waals surface area contributed by atoms with Crippen molar-refractivity contribution in [3.63, 3.8) is 0 Å². The van der Waals surface area contributed by atoms with Gasteiger partial charge in [0.25, 0.3) is 5.91 Å². The minimum atomic E-state index is -0.953. The van der Waals surface area contributed by atoms with Crippen LogP contribution in [0.15, 0.2) is 84.2 Å². The van der Waals surface area contributed by atoms with E-state index in [9.17, 15) is 29.1 Å². The summed E-state index contributed by atoms with van der Waals surface area (Å²) >= 11 is 1.17. The van der Waals surface area contributed by atoms with Gasteiger partial charge in [-0.2, -0.15) is 0 Å². The van der Waals surface area contributed by atoms with E-state index in [-0.39, 0.29) is 55.2 Å². The number of aromatic nitrogens is 1.